The van der Waals surface area contributed by atoms with Crippen LogP contribution in [0.5, 0.6) is 0 Å². The Morgan fingerprint density at radius 1 is 1.40 bits per heavy atom. The Balaban J connectivity index is 3.03. The van der Waals surface area contributed by atoms with Crippen molar-refractivity contribution in [2.24, 2.45) is 11.8 Å². The first kappa shape index (κ1) is 16.8. The maximum atomic E-state index is 12.4. The van der Waals surface area contributed by atoms with Crippen LogP contribution in [0.2, 0.25) is 0 Å². The van der Waals surface area contributed by atoms with Gasteiger partial charge in [0.05, 0.1) is 5.69 Å². The summed E-state index contributed by atoms with van der Waals surface area (Å²) in [6.07, 6.45) is 2.76. The third-order valence-electron chi connectivity index (χ3n) is 2.90. The van der Waals surface area contributed by atoms with Crippen LogP contribution in [0.25, 0.3) is 0 Å². The fourth-order valence-corrected chi connectivity index (χ4v) is 3.24. The van der Waals surface area contributed by atoms with Crippen molar-refractivity contribution in [2.75, 3.05) is 26.1 Å². The molecule has 0 saturated carbocycles. The third-order valence-corrected chi connectivity index (χ3v) is 4.42. The summed E-state index contributed by atoms with van der Waals surface area (Å²) >= 11 is 0. The highest BCUT2D eigenvalue weighted by molar-refractivity contribution is 7.89. The molecule has 0 aromatic carbocycles. The highest BCUT2D eigenvalue weighted by Crippen LogP contribution is 2.19. The number of hydrogen-bond acceptors (Lipinski definition) is 6. The van der Waals surface area contributed by atoms with Gasteiger partial charge in [0.15, 0.2) is 0 Å². The fourth-order valence-electron chi connectivity index (χ4n) is 1.75. The van der Waals surface area contributed by atoms with Crippen molar-refractivity contribution < 1.29 is 8.42 Å². The molecule has 1 rings (SSSR count). The molecule has 7 nitrogen and oxygen atoms in total. The largest absolute Gasteiger partial charge is 0.323 e. The minimum absolute atomic E-state index is 0.0481. The second kappa shape index (κ2) is 6.98. The van der Waals surface area contributed by atoms with Crippen LogP contribution in [0.15, 0.2) is 23.4 Å². The van der Waals surface area contributed by atoms with Crippen molar-refractivity contribution >= 4 is 15.7 Å². The Kier molecular flexibility index (Phi) is 5.88. The summed E-state index contributed by atoms with van der Waals surface area (Å²) < 4.78 is 27.6. The number of likely N-dealkylation sites (N-methyl/N-ethyl adjacent to an activating group) is 1. The number of anilines is 1. The Morgan fingerprint density at radius 2 is 2.05 bits per heavy atom. The molecule has 0 aliphatic rings. The van der Waals surface area contributed by atoms with Gasteiger partial charge in [0, 0.05) is 25.0 Å². The maximum Gasteiger partial charge on any atom is 0.244 e. The van der Waals surface area contributed by atoms with Crippen LogP contribution in [0.3, 0.4) is 0 Å². The zero-order chi connectivity index (χ0) is 15.3. The summed E-state index contributed by atoms with van der Waals surface area (Å²) in [7, 11) is 0.132. The lowest BCUT2D eigenvalue weighted by atomic mass is 10.1. The predicted molar refractivity (Wildman–Crippen MR) is 79.5 cm³/mol. The van der Waals surface area contributed by atoms with Gasteiger partial charge in [-0.2, -0.15) is 0 Å². The number of pyridine rings is 1. The number of nitrogens with one attached hydrogen (secondary N) is 2. The van der Waals surface area contributed by atoms with E-state index in [0.29, 0.717) is 12.2 Å². The summed E-state index contributed by atoms with van der Waals surface area (Å²) in [6.45, 7) is 4.56. The number of hydrogen-bond donors (Lipinski definition) is 3. The molecule has 8 heteroatoms. The molecule has 0 aliphatic heterocycles. The molecular formula is C12H23N5O2S. The lowest BCUT2D eigenvalue weighted by Gasteiger charge is -2.25. The molecular weight excluding hydrogens is 278 g/mol. The smallest absolute Gasteiger partial charge is 0.244 e. The number of aromatic nitrogens is 1. The van der Waals surface area contributed by atoms with Crippen LogP contribution in [-0.4, -0.2) is 45.0 Å². The van der Waals surface area contributed by atoms with Crippen molar-refractivity contribution in [3.8, 4) is 0 Å². The van der Waals surface area contributed by atoms with Gasteiger partial charge < -0.3 is 10.3 Å². The Labute approximate surface area is 120 Å². The van der Waals surface area contributed by atoms with E-state index in [1.165, 1.54) is 18.5 Å². The molecule has 0 amide bonds. The lowest BCUT2D eigenvalue weighted by molar-refractivity contribution is 0.314. The first-order chi connectivity index (χ1) is 9.27. The molecule has 0 radical (unpaired) electrons. The molecule has 1 heterocycles. The van der Waals surface area contributed by atoms with E-state index < -0.39 is 10.0 Å². The van der Waals surface area contributed by atoms with Crippen LogP contribution in [0.4, 0.5) is 5.69 Å². The van der Waals surface area contributed by atoms with E-state index in [2.05, 4.69) is 15.1 Å². The number of nitrogens with two attached hydrogens (primary N) is 1. The SMILES string of the molecule is CC(C)C(CN(C)C)NS(=O)(=O)c1cnccc1NN. The van der Waals surface area contributed by atoms with Gasteiger partial charge in [-0.15, -0.1) is 0 Å². The van der Waals surface area contributed by atoms with Crippen LogP contribution in [0, 0.1) is 5.92 Å². The lowest BCUT2D eigenvalue weighted by Crippen LogP contribution is -2.45. The standard InChI is InChI=1S/C12H23N5O2S/c1-9(2)11(8-17(3)4)16-20(18,19)12-7-14-6-5-10(12)15-13/h5-7,9,11,16H,8,13H2,1-4H3,(H,14,15). The molecule has 20 heavy (non-hydrogen) atoms. The molecule has 4 N–H and O–H groups in total. The molecule has 0 saturated heterocycles. The van der Waals surface area contributed by atoms with Crippen LogP contribution in [-0.2, 0) is 10.0 Å². The highest BCUT2D eigenvalue weighted by Gasteiger charge is 2.25. The van der Waals surface area contributed by atoms with Crippen molar-refractivity contribution in [3.05, 3.63) is 18.5 Å². The average molecular weight is 301 g/mol. The molecule has 1 atom stereocenters. The molecule has 0 bridgehead atoms. The number of nitrogens with zero attached hydrogens (tertiary/aromatic N) is 2. The zero-order valence-corrected chi connectivity index (χ0v) is 13.1. The summed E-state index contributed by atoms with van der Waals surface area (Å²) in [6, 6.07) is 1.33. The quantitative estimate of drug-likeness (QED) is 0.492. The van der Waals surface area contributed by atoms with Gasteiger partial charge in [-0.05, 0) is 26.1 Å². The molecule has 0 spiro atoms. The molecule has 0 aliphatic carbocycles. The van der Waals surface area contributed by atoms with Gasteiger partial charge >= 0.3 is 0 Å². The Bertz CT molecular complexity index is 530. The van der Waals surface area contributed by atoms with Crippen LogP contribution < -0.4 is 16.0 Å². The normalized spacial score (nSPS) is 13.8. The van der Waals surface area contributed by atoms with Gasteiger partial charge in [0.25, 0.3) is 0 Å². The molecule has 1 aromatic heterocycles. The first-order valence-corrected chi connectivity index (χ1v) is 7.84. The van der Waals surface area contributed by atoms with Gasteiger partial charge in [-0.3, -0.25) is 10.8 Å². The van der Waals surface area contributed by atoms with Crippen LogP contribution in [0.1, 0.15) is 13.8 Å². The zero-order valence-electron chi connectivity index (χ0n) is 12.3. The fraction of sp³-hybridized carbons (Fsp3) is 0.583. The van der Waals surface area contributed by atoms with Gasteiger partial charge in [-0.1, -0.05) is 13.8 Å². The van der Waals surface area contributed by atoms with E-state index in [1.54, 1.807) is 0 Å². The number of nitrogen functional groups attached to an aromatic ring is 1. The van der Waals surface area contributed by atoms with E-state index in [4.69, 9.17) is 5.84 Å². The average Bonchev–Trinajstić information content (AvgIpc) is 2.37. The van der Waals surface area contributed by atoms with Crippen molar-refractivity contribution in [3.63, 3.8) is 0 Å². The van der Waals surface area contributed by atoms with Crippen molar-refractivity contribution in [1.82, 2.24) is 14.6 Å². The van der Waals surface area contributed by atoms with Crippen molar-refractivity contribution in [1.29, 1.82) is 0 Å². The monoisotopic (exact) mass is 301 g/mol. The summed E-state index contributed by atoms with van der Waals surface area (Å²) in [5.41, 5.74) is 2.69. The Hall–Kier alpha value is -1.22. The van der Waals surface area contributed by atoms with E-state index in [9.17, 15) is 8.42 Å². The second-order valence-corrected chi connectivity index (χ2v) is 6.93. The topological polar surface area (TPSA) is 100 Å². The summed E-state index contributed by atoms with van der Waals surface area (Å²) in [5.74, 6) is 5.51. The van der Waals surface area contributed by atoms with E-state index in [0.717, 1.165) is 0 Å². The number of hydrazine groups is 1. The molecule has 1 aromatic rings. The minimum Gasteiger partial charge on any atom is -0.323 e. The summed E-state index contributed by atoms with van der Waals surface area (Å²) in [5, 5.41) is 0. The van der Waals surface area contributed by atoms with E-state index in [-0.39, 0.29) is 16.9 Å². The minimum atomic E-state index is -3.67. The van der Waals surface area contributed by atoms with E-state index in [1.807, 2.05) is 32.8 Å². The second-order valence-electron chi connectivity index (χ2n) is 5.25. The number of sulfonamides is 1. The van der Waals surface area contributed by atoms with Gasteiger partial charge in [0.1, 0.15) is 4.90 Å². The maximum absolute atomic E-state index is 12.4. The molecule has 0 fully saturated rings. The summed E-state index contributed by atoms with van der Waals surface area (Å²) in [4.78, 5) is 5.84. The number of rotatable bonds is 7. The van der Waals surface area contributed by atoms with E-state index >= 15 is 0 Å². The van der Waals surface area contributed by atoms with Gasteiger partial charge in [0.2, 0.25) is 10.0 Å². The van der Waals surface area contributed by atoms with Crippen LogP contribution >= 0.6 is 0 Å². The first-order valence-electron chi connectivity index (χ1n) is 6.35. The van der Waals surface area contributed by atoms with Gasteiger partial charge in [-0.25, -0.2) is 13.1 Å². The predicted octanol–water partition coefficient (Wildman–Crippen LogP) is 0.232. The molecule has 1 unspecified atom stereocenters. The molecule has 114 valence electrons. The Morgan fingerprint density at radius 3 is 2.55 bits per heavy atom. The highest BCUT2D eigenvalue weighted by atomic mass is 32.2. The third kappa shape index (κ3) is 4.41. The van der Waals surface area contributed by atoms with Crippen molar-refractivity contribution in [2.45, 2.75) is 24.8 Å².